The maximum atomic E-state index is 14.7. The van der Waals surface area contributed by atoms with Gasteiger partial charge in [0.1, 0.15) is 5.82 Å². The van der Waals surface area contributed by atoms with Gasteiger partial charge in [0.2, 0.25) is 5.88 Å². The molecule has 1 atom stereocenters. The van der Waals surface area contributed by atoms with Crippen molar-refractivity contribution in [2.75, 3.05) is 44.7 Å². The third-order valence-electron chi connectivity index (χ3n) is 5.60. The van der Waals surface area contributed by atoms with Gasteiger partial charge in [0.15, 0.2) is 5.96 Å². The quantitative estimate of drug-likeness (QED) is 0.396. The Morgan fingerprint density at radius 1 is 1.18 bits per heavy atom. The Labute approximate surface area is 199 Å². The first kappa shape index (κ1) is 24.7. The number of rotatable bonds is 7. The number of anilines is 1. The minimum absolute atomic E-state index is 0. The fourth-order valence-electron chi connectivity index (χ4n) is 3.68. The number of ether oxygens (including phenoxy) is 1. The van der Waals surface area contributed by atoms with Crippen LogP contribution in [0.2, 0.25) is 0 Å². The van der Waals surface area contributed by atoms with Gasteiger partial charge in [-0.3, -0.25) is 15.2 Å². The molecule has 2 heterocycles. The largest absolute Gasteiger partial charge is 0.379 e. The third kappa shape index (κ3) is 6.54. The maximum Gasteiger partial charge on any atom is 0.231 e. The van der Waals surface area contributed by atoms with Gasteiger partial charge in [-0.1, -0.05) is 54.5 Å². The minimum atomic E-state index is -0.265. The van der Waals surface area contributed by atoms with E-state index in [0.717, 1.165) is 44.0 Å². The van der Waals surface area contributed by atoms with Crippen molar-refractivity contribution in [1.82, 2.24) is 10.1 Å². The van der Waals surface area contributed by atoms with Crippen LogP contribution in [0.3, 0.4) is 0 Å². The van der Waals surface area contributed by atoms with E-state index in [-0.39, 0.29) is 30.1 Å². The smallest absolute Gasteiger partial charge is 0.231 e. The lowest BCUT2D eigenvalue weighted by molar-refractivity contribution is 0.0394. The Balaban J connectivity index is 0.00000306. The highest BCUT2D eigenvalue weighted by molar-refractivity contribution is 5.90. The van der Waals surface area contributed by atoms with Crippen LogP contribution in [0.5, 0.6) is 0 Å². The number of hydrogen-bond donors (Lipinski definition) is 2. The molecule has 7 nitrogen and oxygen atoms in total. The van der Waals surface area contributed by atoms with Gasteiger partial charge in [-0.2, -0.15) is 0 Å². The molecule has 3 aromatic rings. The predicted molar refractivity (Wildman–Crippen MR) is 130 cm³/mol. The summed E-state index contributed by atoms with van der Waals surface area (Å²) in [5, 5.41) is 7.05. The van der Waals surface area contributed by atoms with Crippen molar-refractivity contribution in [2.24, 2.45) is 10.7 Å². The number of nitrogens with two attached hydrogens (primary N) is 1. The Bertz CT molecular complexity index is 1050. The van der Waals surface area contributed by atoms with E-state index in [0.29, 0.717) is 23.7 Å². The lowest BCUT2D eigenvalue weighted by Crippen LogP contribution is -2.38. The fourth-order valence-corrected chi connectivity index (χ4v) is 3.68. The lowest BCUT2D eigenvalue weighted by Gasteiger charge is -2.25. The number of halogens is 2. The zero-order chi connectivity index (χ0) is 22.3. The van der Waals surface area contributed by atoms with E-state index < -0.39 is 0 Å². The van der Waals surface area contributed by atoms with Crippen LogP contribution in [-0.4, -0.2) is 55.4 Å². The second-order valence-corrected chi connectivity index (χ2v) is 7.79. The number of aromatic nitrogens is 1. The van der Waals surface area contributed by atoms with Crippen LogP contribution in [0.25, 0.3) is 11.1 Å². The van der Waals surface area contributed by atoms with Crippen LogP contribution in [-0.2, 0) is 4.74 Å². The molecule has 9 heteroatoms. The average Bonchev–Trinajstić information content (AvgIpc) is 3.28. The third-order valence-corrected chi connectivity index (χ3v) is 5.60. The highest BCUT2D eigenvalue weighted by Crippen LogP contribution is 2.29. The van der Waals surface area contributed by atoms with Gasteiger partial charge in [0.05, 0.1) is 25.5 Å². The Morgan fingerprint density at radius 2 is 1.94 bits per heavy atom. The van der Waals surface area contributed by atoms with E-state index in [2.05, 4.69) is 20.4 Å². The van der Waals surface area contributed by atoms with Crippen LogP contribution in [0, 0.1) is 5.82 Å². The molecule has 3 N–H and O–H groups in total. The summed E-state index contributed by atoms with van der Waals surface area (Å²) in [6, 6.07) is 16.5. The van der Waals surface area contributed by atoms with E-state index in [9.17, 15) is 4.39 Å². The minimum Gasteiger partial charge on any atom is -0.379 e. The van der Waals surface area contributed by atoms with E-state index in [1.807, 2.05) is 43.3 Å². The molecule has 0 amide bonds. The summed E-state index contributed by atoms with van der Waals surface area (Å²) in [5.74, 6) is 0.264. The summed E-state index contributed by atoms with van der Waals surface area (Å²) in [7, 11) is 0. The number of aliphatic imine (C=N–C) groups is 1. The van der Waals surface area contributed by atoms with Crippen molar-refractivity contribution >= 4 is 24.3 Å². The summed E-state index contributed by atoms with van der Waals surface area (Å²) >= 11 is 0. The normalized spacial score (nSPS) is 15.6. The standard InChI is InChI=1S/C24H28FN5O2.ClH/c1-17(19-7-8-20(21(25)15-19)18-5-3-2-4-6-18)22-16-23(32-29-22)28-24(26)27-9-10-30-11-13-31-14-12-30;/h2-8,15-17H,9-14H2,1H3,(H3,26,27,28);1H. The molecule has 0 radical (unpaired) electrons. The number of guanidine groups is 1. The highest BCUT2D eigenvalue weighted by atomic mass is 35.5. The zero-order valence-electron chi connectivity index (χ0n) is 18.5. The predicted octanol–water partition coefficient (Wildman–Crippen LogP) is 4.11. The second-order valence-electron chi connectivity index (χ2n) is 7.79. The topological polar surface area (TPSA) is 88.9 Å². The zero-order valence-corrected chi connectivity index (χ0v) is 19.4. The van der Waals surface area contributed by atoms with Gasteiger partial charge < -0.3 is 15.0 Å². The van der Waals surface area contributed by atoms with Gasteiger partial charge in [-0.05, 0) is 17.2 Å². The number of hydrogen-bond acceptors (Lipinski definition) is 5. The molecule has 0 aliphatic carbocycles. The monoisotopic (exact) mass is 473 g/mol. The average molecular weight is 474 g/mol. The number of benzene rings is 2. The number of nitrogens with zero attached hydrogens (tertiary/aromatic N) is 3. The van der Waals surface area contributed by atoms with Crippen molar-refractivity contribution in [1.29, 1.82) is 0 Å². The molecule has 0 bridgehead atoms. The molecule has 33 heavy (non-hydrogen) atoms. The summed E-state index contributed by atoms with van der Waals surface area (Å²) in [6.07, 6.45) is 0. The van der Waals surface area contributed by atoms with Gasteiger partial charge in [-0.25, -0.2) is 4.39 Å². The fraction of sp³-hybridized carbons (Fsp3) is 0.333. The van der Waals surface area contributed by atoms with Gasteiger partial charge >= 0.3 is 0 Å². The van der Waals surface area contributed by atoms with Crippen molar-refractivity contribution in [3.05, 3.63) is 71.7 Å². The molecule has 0 spiro atoms. The second kappa shape index (κ2) is 11.8. The Hall–Kier alpha value is -2.94. The number of nitrogens with one attached hydrogen (secondary N) is 1. The van der Waals surface area contributed by atoms with Crippen molar-refractivity contribution in [3.8, 4) is 11.1 Å². The van der Waals surface area contributed by atoms with Crippen LogP contribution in [0.4, 0.5) is 10.3 Å². The summed E-state index contributed by atoms with van der Waals surface area (Å²) < 4.78 is 25.4. The van der Waals surface area contributed by atoms with Crippen molar-refractivity contribution < 1.29 is 13.7 Å². The summed E-state index contributed by atoms with van der Waals surface area (Å²) in [5.41, 5.74) is 8.88. The first-order valence-corrected chi connectivity index (χ1v) is 10.8. The van der Waals surface area contributed by atoms with Crippen LogP contribution >= 0.6 is 12.4 Å². The molecule has 176 valence electrons. The van der Waals surface area contributed by atoms with E-state index >= 15 is 0 Å². The molecule has 1 aliphatic rings. The molecule has 1 unspecified atom stereocenters. The van der Waals surface area contributed by atoms with Crippen LogP contribution < -0.4 is 11.1 Å². The van der Waals surface area contributed by atoms with Crippen molar-refractivity contribution in [2.45, 2.75) is 12.8 Å². The molecule has 4 rings (SSSR count). The molecule has 0 saturated carbocycles. The first-order valence-electron chi connectivity index (χ1n) is 10.8. The van der Waals surface area contributed by atoms with Gasteiger partial charge in [0, 0.05) is 37.2 Å². The van der Waals surface area contributed by atoms with E-state index in [4.69, 9.17) is 15.0 Å². The van der Waals surface area contributed by atoms with Crippen LogP contribution in [0.15, 0.2) is 64.1 Å². The Kier molecular flexibility index (Phi) is 8.82. The molecule has 1 fully saturated rings. The molecular weight excluding hydrogens is 445 g/mol. The SMILES string of the molecule is CC(c1ccc(-c2ccccc2)c(F)c1)c1cc(NC(N)=NCCN2CCOCC2)on1.Cl. The molecular formula is C24H29ClFN5O2. The molecule has 1 aliphatic heterocycles. The molecule has 2 aromatic carbocycles. The van der Waals surface area contributed by atoms with Gasteiger partial charge in [-0.15, -0.1) is 12.4 Å². The van der Waals surface area contributed by atoms with Gasteiger partial charge in [0.25, 0.3) is 0 Å². The summed E-state index contributed by atoms with van der Waals surface area (Å²) in [4.78, 5) is 6.63. The molecule has 1 saturated heterocycles. The van der Waals surface area contributed by atoms with Crippen LogP contribution in [0.1, 0.15) is 24.1 Å². The van der Waals surface area contributed by atoms with E-state index in [1.54, 1.807) is 18.2 Å². The highest BCUT2D eigenvalue weighted by Gasteiger charge is 2.17. The number of morpholine rings is 1. The Morgan fingerprint density at radius 3 is 2.67 bits per heavy atom. The molecule has 1 aromatic heterocycles. The van der Waals surface area contributed by atoms with E-state index in [1.165, 1.54) is 0 Å². The van der Waals surface area contributed by atoms with Crippen molar-refractivity contribution in [3.63, 3.8) is 0 Å². The maximum absolute atomic E-state index is 14.7. The lowest BCUT2D eigenvalue weighted by atomic mass is 9.95. The summed E-state index contributed by atoms with van der Waals surface area (Å²) in [6.45, 7) is 6.72. The first-order chi connectivity index (χ1) is 15.6.